The van der Waals surface area contributed by atoms with E-state index in [1.807, 2.05) is 6.07 Å². The Morgan fingerprint density at radius 3 is 2.79 bits per heavy atom. The van der Waals surface area contributed by atoms with Crippen LogP contribution in [0, 0.1) is 18.3 Å². The third-order valence-corrected chi connectivity index (χ3v) is 2.45. The summed E-state index contributed by atoms with van der Waals surface area (Å²) < 4.78 is 25.3. The Balaban J connectivity index is 3.18. The van der Waals surface area contributed by atoms with Crippen molar-refractivity contribution in [3.63, 3.8) is 0 Å². The van der Waals surface area contributed by atoms with E-state index in [1.54, 1.807) is 0 Å². The second-order valence-corrected chi connectivity index (χ2v) is 3.58. The fourth-order valence-electron chi connectivity index (χ4n) is 1.06. The van der Waals surface area contributed by atoms with Gasteiger partial charge < -0.3 is 0 Å². The summed E-state index contributed by atoms with van der Waals surface area (Å²) in [6.45, 7) is 1.51. The Hall–Kier alpha value is -1.02. The maximum absolute atomic E-state index is 12.4. The number of nitrogens with zero attached hydrogens (tertiary/aromatic N) is 2. The molecule has 1 aromatic heterocycles. The molecule has 0 spiro atoms. The van der Waals surface area contributed by atoms with Crippen molar-refractivity contribution in [3.8, 4) is 6.07 Å². The standard InChI is InChI=1S/C9H7BrF2N2/c1-5-6(9(11)12)4-7(10)8(14-5)2-3-13/h4,9H,2H2,1H3. The minimum atomic E-state index is -2.53. The summed E-state index contributed by atoms with van der Waals surface area (Å²) in [4.78, 5) is 3.93. The van der Waals surface area contributed by atoms with E-state index in [1.165, 1.54) is 13.0 Å². The van der Waals surface area contributed by atoms with Gasteiger partial charge in [0.1, 0.15) is 0 Å². The van der Waals surface area contributed by atoms with Gasteiger partial charge >= 0.3 is 0 Å². The van der Waals surface area contributed by atoms with Crippen LogP contribution in [0.15, 0.2) is 10.5 Å². The lowest BCUT2D eigenvalue weighted by atomic mass is 10.2. The van der Waals surface area contributed by atoms with E-state index in [2.05, 4.69) is 20.9 Å². The van der Waals surface area contributed by atoms with Gasteiger partial charge in [0, 0.05) is 15.7 Å². The predicted molar refractivity (Wildman–Crippen MR) is 50.9 cm³/mol. The van der Waals surface area contributed by atoms with Crippen molar-refractivity contribution in [3.05, 3.63) is 27.5 Å². The average molecular weight is 261 g/mol. The summed E-state index contributed by atoms with van der Waals surface area (Å²) in [6, 6.07) is 3.24. The van der Waals surface area contributed by atoms with Crippen molar-refractivity contribution in [1.82, 2.24) is 4.98 Å². The highest BCUT2D eigenvalue weighted by molar-refractivity contribution is 9.10. The Morgan fingerprint density at radius 1 is 1.64 bits per heavy atom. The number of nitriles is 1. The molecule has 2 nitrogen and oxygen atoms in total. The van der Waals surface area contributed by atoms with E-state index in [9.17, 15) is 8.78 Å². The second-order valence-electron chi connectivity index (χ2n) is 2.73. The highest BCUT2D eigenvalue weighted by Gasteiger charge is 2.14. The van der Waals surface area contributed by atoms with Gasteiger partial charge in [0.05, 0.1) is 18.2 Å². The summed E-state index contributed by atoms with van der Waals surface area (Å²) in [5.41, 5.74) is 0.668. The average Bonchev–Trinajstić information content (AvgIpc) is 2.10. The Labute approximate surface area is 88.7 Å². The van der Waals surface area contributed by atoms with Gasteiger partial charge in [-0.2, -0.15) is 5.26 Å². The maximum Gasteiger partial charge on any atom is 0.265 e. The molecule has 0 unspecified atom stereocenters. The molecule has 1 rings (SSSR count). The first-order valence-corrected chi connectivity index (χ1v) is 4.66. The molecule has 0 N–H and O–H groups in total. The lowest BCUT2D eigenvalue weighted by Gasteiger charge is -2.07. The van der Waals surface area contributed by atoms with Gasteiger partial charge in [-0.1, -0.05) is 0 Å². The molecule has 14 heavy (non-hydrogen) atoms. The third-order valence-electron chi connectivity index (χ3n) is 1.76. The molecule has 0 fully saturated rings. The molecule has 0 atom stereocenters. The number of aromatic nitrogens is 1. The smallest absolute Gasteiger partial charge is 0.255 e. The zero-order valence-electron chi connectivity index (χ0n) is 7.39. The zero-order valence-corrected chi connectivity index (χ0v) is 8.98. The quantitative estimate of drug-likeness (QED) is 0.819. The molecule has 0 saturated carbocycles. The Morgan fingerprint density at radius 2 is 2.29 bits per heavy atom. The van der Waals surface area contributed by atoms with Crippen LogP contribution in [-0.2, 0) is 6.42 Å². The molecule has 1 heterocycles. The fourth-order valence-corrected chi connectivity index (χ4v) is 1.54. The molecule has 0 aromatic carbocycles. The van der Waals surface area contributed by atoms with Gasteiger partial charge in [-0.25, -0.2) is 8.78 Å². The van der Waals surface area contributed by atoms with Crippen LogP contribution in [-0.4, -0.2) is 4.98 Å². The predicted octanol–water partition coefficient (Wildman–Crippen LogP) is 3.16. The first kappa shape index (κ1) is 11.1. The molecular formula is C9H7BrF2N2. The van der Waals surface area contributed by atoms with Crippen molar-refractivity contribution in [2.75, 3.05) is 0 Å². The summed E-state index contributed by atoms with van der Waals surface area (Å²) in [7, 11) is 0. The molecule has 0 bridgehead atoms. The van der Waals surface area contributed by atoms with Crippen LogP contribution < -0.4 is 0 Å². The van der Waals surface area contributed by atoms with Gasteiger partial charge in [-0.05, 0) is 28.9 Å². The molecule has 0 aliphatic heterocycles. The number of pyridine rings is 1. The van der Waals surface area contributed by atoms with Crippen molar-refractivity contribution in [2.45, 2.75) is 19.8 Å². The zero-order chi connectivity index (χ0) is 10.7. The summed E-state index contributed by atoms with van der Waals surface area (Å²) in [5.74, 6) is 0. The summed E-state index contributed by atoms with van der Waals surface area (Å²) in [5, 5.41) is 8.45. The van der Waals surface area contributed by atoms with Crippen LogP contribution >= 0.6 is 15.9 Å². The second kappa shape index (κ2) is 4.47. The first-order chi connectivity index (χ1) is 6.56. The van der Waals surface area contributed by atoms with Gasteiger partial charge in [-0.15, -0.1) is 0 Å². The van der Waals surface area contributed by atoms with Crippen molar-refractivity contribution >= 4 is 15.9 Å². The molecule has 5 heteroatoms. The first-order valence-electron chi connectivity index (χ1n) is 3.87. The Kier molecular flexibility index (Phi) is 3.53. The lowest BCUT2D eigenvalue weighted by Crippen LogP contribution is -1.99. The number of hydrogen-bond acceptors (Lipinski definition) is 2. The third kappa shape index (κ3) is 2.26. The minimum Gasteiger partial charge on any atom is -0.255 e. The van der Waals surface area contributed by atoms with Gasteiger partial charge in [0.15, 0.2) is 0 Å². The molecular weight excluding hydrogens is 254 g/mol. The number of aryl methyl sites for hydroxylation is 1. The normalized spacial score (nSPS) is 10.3. The van der Waals surface area contributed by atoms with E-state index in [-0.39, 0.29) is 17.7 Å². The monoisotopic (exact) mass is 260 g/mol. The topological polar surface area (TPSA) is 36.7 Å². The van der Waals surface area contributed by atoms with Crippen LogP contribution in [0.2, 0.25) is 0 Å². The molecule has 0 radical (unpaired) electrons. The number of halogens is 3. The molecule has 74 valence electrons. The number of rotatable bonds is 2. The number of alkyl halides is 2. The minimum absolute atomic E-state index is 0.0986. The van der Waals surface area contributed by atoms with E-state index in [0.29, 0.717) is 10.2 Å². The Bertz CT molecular complexity index is 385. The molecule has 0 aliphatic rings. The SMILES string of the molecule is Cc1nc(CC#N)c(Br)cc1C(F)F. The van der Waals surface area contributed by atoms with Crippen LogP contribution in [0.4, 0.5) is 8.78 Å². The molecule has 1 aromatic rings. The van der Waals surface area contributed by atoms with Crippen molar-refractivity contribution in [2.24, 2.45) is 0 Å². The van der Waals surface area contributed by atoms with Gasteiger partial charge in [0.2, 0.25) is 0 Å². The lowest BCUT2D eigenvalue weighted by molar-refractivity contribution is 0.150. The molecule has 0 amide bonds. The van der Waals surface area contributed by atoms with Crippen molar-refractivity contribution in [1.29, 1.82) is 5.26 Å². The molecule has 0 saturated heterocycles. The highest BCUT2D eigenvalue weighted by atomic mass is 79.9. The summed E-state index contributed by atoms with van der Waals surface area (Å²) >= 11 is 3.10. The van der Waals surface area contributed by atoms with E-state index in [0.717, 1.165) is 0 Å². The number of hydrogen-bond donors (Lipinski definition) is 0. The van der Waals surface area contributed by atoms with Gasteiger partial charge in [0.25, 0.3) is 6.43 Å². The van der Waals surface area contributed by atoms with E-state index >= 15 is 0 Å². The summed E-state index contributed by atoms with van der Waals surface area (Å²) in [6.07, 6.45) is -2.42. The van der Waals surface area contributed by atoms with E-state index < -0.39 is 6.43 Å². The van der Waals surface area contributed by atoms with E-state index in [4.69, 9.17) is 5.26 Å². The van der Waals surface area contributed by atoms with Crippen molar-refractivity contribution < 1.29 is 8.78 Å². The van der Waals surface area contributed by atoms with Gasteiger partial charge in [-0.3, -0.25) is 4.98 Å². The van der Waals surface area contributed by atoms with Crippen LogP contribution in [0.25, 0.3) is 0 Å². The highest BCUT2D eigenvalue weighted by Crippen LogP contribution is 2.26. The molecule has 0 aliphatic carbocycles. The van der Waals surface area contributed by atoms with Crippen LogP contribution in [0.5, 0.6) is 0 Å². The van der Waals surface area contributed by atoms with Crippen LogP contribution in [0.3, 0.4) is 0 Å². The fraction of sp³-hybridized carbons (Fsp3) is 0.333. The largest absolute Gasteiger partial charge is 0.265 e. The maximum atomic E-state index is 12.4. The van der Waals surface area contributed by atoms with Crippen LogP contribution in [0.1, 0.15) is 23.4 Å².